The van der Waals surface area contributed by atoms with E-state index in [-0.39, 0.29) is 44.4 Å². The maximum Gasteiger partial charge on any atom is 0.407 e. The molecule has 49 heavy (non-hydrogen) atoms. The van der Waals surface area contributed by atoms with Gasteiger partial charge < -0.3 is 40.6 Å². The minimum absolute atomic E-state index is 0.0142. The smallest absolute Gasteiger partial charge is 0.407 e. The van der Waals surface area contributed by atoms with Crippen molar-refractivity contribution in [1.82, 2.24) is 26.2 Å². The first kappa shape index (κ1) is 40.8. The molecular formula is C36H55N5O8. The molecule has 2 aromatic rings. The maximum atomic E-state index is 12.9. The number of hydrogen-bond acceptors (Lipinski definition) is 9. The van der Waals surface area contributed by atoms with Gasteiger partial charge in [0.1, 0.15) is 18.8 Å². The highest BCUT2D eigenvalue weighted by molar-refractivity contribution is 5.73. The number of hydrogen-bond donors (Lipinski definition) is 5. The lowest BCUT2D eigenvalue weighted by Gasteiger charge is -2.31. The number of rotatable bonds is 21. The lowest BCUT2D eigenvalue weighted by atomic mass is 10.1. The predicted molar refractivity (Wildman–Crippen MR) is 187 cm³/mol. The third kappa shape index (κ3) is 20.6. The molecule has 5 N–H and O–H groups in total. The lowest BCUT2D eigenvalue weighted by Crippen LogP contribution is -2.50. The molecule has 0 fully saturated rings. The molecule has 2 atom stereocenters. The Morgan fingerprint density at radius 2 is 1.24 bits per heavy atom. The second-order valence-corrected chi connectivity index (χ2v) is 12.8. The van der Waals surface area contributed by atoms with Crippen LogP contribution < -0.4 is 21.3 Å². The average Bonchev–Trinajstić information content (AvgIpc) is 3.05. The summed E-state index contributed by atoms with van der Waals surface area (Å²) in [6, 6.07) is 18.1. The Morgan fingerprint density at radius 3 is 1.80 bits per heavy atom. The Labute approximate surface area is 290 Å². The molecule has 13 heteroatoms. The van der Waals surface area contributed by atoms with E-state index in [1.807, 2.05) is 60.7 Å². The minimum atomic E-state index is -0.595. The minimum Gasteiger partial charge on any atom is -0.445 e. The third-order valence-corrected chi connectivity index (χ3v) is 7.17. The van der Waals surface area contributed by atoms with Crippen molar-refractivity contribution in [3.05, 3.63) is 71.8 Å². The number of carbonyl (C=O) groups excluding carboxylic acids is 4. The molecule has 0 radical (unpaired) electrons. The van der Waals surface area contributed by atoms with Crippen molar-refractivity contribution in [2.24, 2.45) is 0 Å². The Hall–Kier alpha value is -4.36. The molecule has 4 amide bonds. The summed E-state index contributed by atoms with van der Waals surface area (Å²) in [7, 11) is 0. The number of aliphatic hydroxyl groups is 1. The van der Waals surface area contributed by atoms with Gasteiger partial charge in [-0.1, -0.05) is 60.7 Å². The number of carbonyl (C=O) groups is 4. The van der Waals surface area contributed by atoms with Crippen molar-refractivity contribution >= 4 is 24.2 Å². The summed E-state index contributed by atoms with van der Waals surface area (Å²) < 4.78 is 16.2. The molecule has 0 aromatic heterocycles. The molecule has 13 nitrogen and oxygen atoms in total. The van der Waals surface area contributed by atoms with Crippen molar-refractivity contribution in [2.45, 2.75) is 90.7 Å². The van der Waals surface area contributed by atoms with Gasteiger partial charge >= 0.3 is 18.3 Å². The van der Waals surface area contributed by atoms with Crippen LogP contribution >= 0.6 is 0 Å². The zero-order valence-electron chi connectivity index (χ0n) is 29.4. The molecule has 0 saturated carbocycles. The second-order valence-electron chi connectivity index (χ2n) is 12.8. The van der Waals surface area contributed by atoms with Crippen molar-refractivity contribution in [1.29, 1.82) is 0 Å². The van der Waals surface area contributed by atoms with Crippen LogP contribution in [-0.2, 0) is 32.2 Å². The topological polar surface area (TPSA) is 168 Å². The Kier molecular flexibility index (Phi) is 19.2. The number of benzene rings is 2. The predicted octanol–water partition coefficient (Wildman–Crippen LogP) is 4.48. The van der Waals surface area contributed by atoms with E-state index >= 15 is 0 Å². The molecule has 0 saturated heterocycles. The molecule has 0 aliphatic heterocycles. The molecule has 0 heterocycles. The molecule has 2 aromatic carbocycles. The van der Waals surface area contributed by atoms with Crippen LogP contribution in [0.4, 0.5) is 14.4 Å². The summed E-state index contributed by atoms with van der Waals surface area (Å²) in [6.45, 7) is 8.94. The number of unbranched alkanes of at least 4 members (excludes halogenated alkanes) is 1. The number of ether oxygens (including phenoxy) is 3. The maximum absolute atomic E-state index is 12.9. The fourth-order valence-electron chi connectivity index (χ4n) is 4.97. The van der Waals surface area contributed by atoms with Crippen LogP contribution in [0, 0.1) is 0 Å². The largest absolute Gasteiger partial charge is 0.445 e. The average molecular weight is 686 g/mol. The van der Waals surface area contributed by atoms with Gasteiger partial charge in [-0.25, -0.2) is 14.4 Å². The summed E-state index contributed by atoms with van der Waals surface area (Å²) in [4.78, 5) is 51.5. The van der Waals surface area contributed by atoms with E-state index in [1.165, 1.54) is 6.92 Å². The first-order valence-electron chi connectivity index (χ1n) is 16.9. The van der Waals surface area contributed by atoms with E-state index < -0.39 is 23.9 Å². The van der Waals surface area contributed by atoms with E-state index in [4.69, 9.17) is 14.2 Å². The molecule has 0 unspecified atom stereocenters. The SMILES string of the molecule is CC(=O)N[C@@H](CCCO)CN(CCNC(=O)OCc1ccccc1)C[C@H](CCCCNC(=O)OC(C)(C)C)NC(=O)OCc1ccccc1. The summed E-state index contributed by atoms with van der Waals surface area (Å²) in [5, 5.41) is 20.9. The Balaban J connectivity index is 2.08. The van der Waals surface area contributed by atoms with Crippen molar-refractivity contribution in [3.63, 3.8) is 0 Å². The van der Waals surface area contributed by atoms with E-state index in [9.17, 15) is 24.3 Å². The fraction of sp³-hybridized carbons (Fsp3) is 0.556. The molecule has 0 bridgehead atoms. The van der Waals surface area contributed by atoms with Gasteiger partial charge in [-0.05, 0) is 64.0 Å². The first-order chi connectivity index (χ1) is 23.4. The van der Waals surface area contributed by atoms with Crippen LogP contribution in [0.25, 0.3) is 0 Å². The van der Waals surface area contributed by atoms with Gasteiger partial charge in [0.2, 0.25) is 5.91 Å². The fourth-order valence-corrected chi connectivity index (χ4v) is 4.97. The number of nitrogens with one attached hydrogen (secondary N) is 4. The number of aliphatic hydroxyl groups excluding tert-OH is 1. The summed E-state index contributed by atoms with van der Waals surface area (Å²) >= 11 is 0. The number of amides is 4. The van der Waals surface area contributed by atoms with Crippen molar-refractivity contribution in [2.75, 3.05) is 39.3 Å². The number of alkyl carbamates (subject to hydrolysis) is 3. The van der Waals surface area contributed by atoms with Gasteiger partial charge in [-0.15, -0.1) is 0 Å². The molecule has 0 spiro atoms. The van der Waals surface area contributed by atoms with Crippen molar-refractivity contribution in [3.8, 4) is 0 Å². The highest BCUT2D eigenvalue weighted by Gasteiger charge is 2.22. The standard InChI is InChI=1S/C36H55N5O8/c1-28(43)39-31(19-13-23-42)24-41(22-21-38-33(44)47-26-29-14-7-5-8-15-29)25-32(18-11-12-20-37-34(45)49-36(2,3)4)40-35(46)48-27-30-16-9-6-10-17-30/h5-10,14-17,31-32,42H,11-13,18-27H2,1-4H3,(H,37,45)(H,38,44)(H,39,43)(H,40,46)/t31-,32-/m0/s1. The lowest BCUT2D eigenvalue weighted by molar-refractivity contribution is -0.119. The summed E-state index contributed by atoms with van der Waals surface area (Å²) in [6.07, 6.45) is 1.34. The Bertz CT molecular complexity index is 1240. The normalized spacial score (nSPS) is 12.4. The zero-order valence-corrected chi connectivity index (χ0v) is 29.4. The zero-order chi connectivity index (χ0) is 35.9. The van der Waals surface area contributed by atoms with Crippen LogP contribution in [-0.4, -0.2) is 91.2 Å². The highest BCUT2D eigenvalue weighted by atomic mass is 16.6. The van der Waals surface area contributed by atoms with Gasteiger partial charge in [0.05, 0.1) is 0 Å². The van der Waals surface area contributed by atoms with Crippen LogP contribution in [0.2, 0.25) is 0 Å². The van der Waals surface area contributed by atoms with Gasteiger partial charge in [0.25, 0.3) is 0 Å². The van der Waals surface area contributed by atoms with Crippen molar-refractivity contribution < 1.29 is 38.5 Å². The molecular weight excluding hydrogens is 630 g/mol. The molecule has 0 aliphatic rings. The monoisotopic (exact) mass is 685 g/mol. The second kappa shape index (κ2) is 23.1. The van der Waals surface area contributed by atoms with Gasteiger partial charge in [-0.2, -0.15) is 0 Å². The van der Waals surface area contributed by atoms with E-state index in [0.717, 1.165) is 11.1 Å². The quantitative estimate of drug-likeness (QED) is 0.0940. The van der Waals surface area contributed by atoms with Gasteiger partial charge in [0, 0.05) is 58.3 Å². The van der Waals surface area contributed by atoms with Crippen LogP contribution in [0.1, 0.15) is 70.9 Å². The summed E-state index contributed by atoms with van der Waals surface area (Å²) in [5.41, 5.74) is 1.13. The molecule has 0 aliphatic carbocycles. The van der Waals surface area contributed by atoms with E-state index in [0.29, 0.717) is 58.3 Å². The Morgan fingerprint density at radius 1 is 0.714 bits per heavy atom. The number of nitrogens with zero attached hydrogens (tertiary/aromatic N) is 1. The molecule has 2 rings (SSSR count). The summed E-state index contributed by atoms with van der Waals surface area (Å²) in [5.74, 6) is -0.192. The molecule has 272 valence electrons. The van der Waals surface area contributed by atoms with Crippen LogP contribution in [0.15, 0.2) is 60.7 Å². The van der Waals surface area contributed by atoms with E-state index in [1.54, 1.807) is 20.8 Å². The highest BCUT2D eigenvalue weighted by Crippen LogP contribution is 2.10. The van der Waals surface area contributed by atoms with Gasteiger partial charge in [-0.3, -0.25) is 9.69 Å². The van der Waals surface area contributed by atoms with E-state index in [2.05, 4.69) is 26.2 Å². The third-order valence-electron chi connectivity index (χ3n) is 7.17. The first-order valence-corrected chi connectivity index (χ1v) is 16.9. The van der Waals surface area contributed by atoms with Gasteiger partial charge in [0.15, 0.2) is 0 Å². The van der Waals surface area contributed by atoms with Crippen LogP contribution in [0.5, 0.6) is 0 Å². The van der Waals surface area contributed by atoms with Crippen LogP contribution in [0.3, 0.4) is 0 Å².